The van der Waals surface area contributed by atoms with Crippen LogP contribution in [0.5, 0.6) is 17.2 Å². The van der Waals surface area contributed by atoms with Gasteiger partial charge in [0.05, 0.1) is 37.5 Å². The molecule has 9 nitrogen and oxygen atoms in total. The van der Waals surface area contributed by atoms with Crippen LogP contribution in [0.15, 0.2) is 33.2 Å². The van der Waals surface area contributed by atoms with E-state index in [1.165, 1.54) is 14.2 Å². The second-order valence-corrected chi connectivity index (χ2v) is 7.34. The van der Waals surface area contributed by atoms with Gasteiger partial charge in [-0.05, 0) is 38.8 Å². The summed E-state index contributed by atoms with van der Waals surface area (Å²) in [6.07, 6.45) is 2.20. The van der Waals surface area contributed by atoms with Gasteiger partial charge < -0.3 is 25.3 Å². The average Bonchev–Trinajstić information content (AvgIpc) is 2.75. The Bertz CT molecular complexity index is 1080. The number of methoxy groups -OCH3 is 2. The molecule has 172 valence electrons. The monoisotopic (exact) mass is 442 g/mol. The molecule has 2 rings (SSSR count). The van der Waals surface area contributed by atoms with Crippen molar-refractivity contribution >= 4 is 17.3 Å². The van der Waals surface area contributed by atoms with E-state index in [1.54, 1.807) is 32.0 Å². The summed E-state index contributed by atoms with van der Waals surface area (Å²) in [6, 6.07) is 5.29. The van der Waals surface area contributed by atoms with Gasteiger partial charge in [0.2, 0.25) is 5.91 Å². The molecule has 32 heavy (non-hydrogen) atoms. The number of unbranched alkanes of at least 4 members (excludes halogenated alkanes) is 1. The van der Waals surface area contributed by atoms with E-state index in [0.717, 1.165) is 12.8 Å². The first-order chi connectivity index (χ1) is 15.2. The van der Waals surface area contributed by atoms with Crippen molar-refractivity contribution in [1.82, 2.24) is 4.98 Å². The molecule has 1 aromatic carbocycles. The van der Waals surface area contributed by atoms with Gasteiger partial charge in [0.1, 0.15) is 22.8 Å². The number of hydrogen-bond acceptors (Lipinski definition) is 7. The minimum absolute atomic E-state index is 0.0242. The first-order valence-corrected chi connectivity index (χ1v) is 10.3. The number of nitrogens with zero attached hydrogens (tertiary/aromatic N) is 2. The molecule has 1 amide bonds. The van der Waals surface area contributed by atoms with E-state index in [4.69, 9.17) is 15.2 Å². The summed E-state index contributed by atoms with van der Waals surface area (Å²) in [4.78, 5) is 26.8. The largest absolute Gasteiger partial charge is 0.506 e. The number of aryl methyl sites for hydroxylation is 1. The van der Waals surface area contributed by atoms with Crippen molar-refractivity contribution in [3.05, 3.63) is 39.8 Å². The summed E-state index contributed by atoms with van der Waals surface area (Å²) in [7, 11) is 3.05. The lowest BCUT2D eigenvalue weighted by atomic mass is 9.95. The molecule has 9 heteroatoms. The van der Waals surface area contributed by atoms with Crippen LogP contribution in [0.2, 0.25) is 0 Å². The number of aromatic amines is 1. The molecule has 4 N–H and O–H groups in total. The number of hydrogen-bond donors (Lipinski definition) is 3. The number of carbonyl (C=O) groups is 1. The van der Waals surface area contributed by atoms with Gasteiger partial charge in [-0.3, -0.25) is 9.59 Å². The number of amides is 1. The third-order valence-electron chi connectivity index (χ3n) is 4.89. The molecule has 0 saturated heterocycles. The third-order valence-corrected chi connectivity index (χ3v) is 4.89. The zero-order valence-corrected chi connectivity index (χ0v) is 19.1. The molecule has 0 atom stereocenters. The zero-order chi connectivity index (χ0) is 23.8. The molecule has 1 aromatic heterocycles. The number of pyridine rings is 1. The van der Waals surface area contributed by atoms with Gasteiger partial charge in [0.25, 0.3) is 5.56 Å². The van der Waals surface area contributed by atoms with Crippen molar-refractivity contribution in [2.24, 2.45) is 15.9 Å². The topological polar surface area (TPSA) is 139 Å². The van der Waals surface area contributed by atoms with Crippen LogP contribution in [0, 0.1) is 0 Å². The highest BCUT2D eigenvalue weighted by Gasteiger charge is 2.25. The van der Waals surface area contributed by atoms with Crippen molar-refractivity contribution in [1.29, 1.82) is 0 Å². The van der Waals surface area contributed by atoms with Crippen molar-refractivity contribution < 1.29 is 19.4 Å². The fourth-order valence-corrected chi connectivity index (χ4v) is 3.38. The van der Waals surface area contributed by atoms with Gasteiger partial charge in [0, 0.05) is 11.4 Å². The lowest BCUT2D eigenvalue weighted by Crippen LogP contribution is -2.20. The van der Waals surface area contributed by atoms with E-state index in [0.29, 0.717) is 40.5 Å². The van der Waals surface area contributed by atoms with Crippen LogP contribution in [-0.4, -0.2) is 41.6 Å². The lowest BCUT2D eigenvalue weighted by molar-refractivity contribution is -0.116. The SMILES string of the molecule is CCCCc1[nH]c(=O)c(/C(C)=N/N=C(\C)CC(N)=O)c(O)c1-c1c(OC)cccc1OC. The number of rotatable bonds is 10. The number of aromatic nitrogens is 1. The Hall–Kier alpha value is -3.62. The van der Waals surface area contributed by atoms with Crippen molar-refractivity contribution in [2.45, 2.75) is 46.5 Å². The summed E-state index contributed by atoms with van der Waals surface area (Å²) in [6.45, 7) is 5.20. The van der Waals surface area contributed by atoms with Crippen LogP contribution in [0.3, 0.4) is 0 Å². The second-order valence-electron chi connectivity index (χ2n) is 7.34. The zero-order valence-electron chi connectivity index (χ0n) is 19.1. The number of nitrogens with one attached hydrogen (secondary N) is 1. The molecule has 0 aliphatic rings. The highest BCUT2D eigenvalue weighted by atomic mass is 16.5. The van der Waals surface area contributed by atoms with Gasteiger partial charge in [-0.15, -0.1) is 0 Å². The van der Waals surface area contributed by atoms with Crippen LogP contribution in [0.1, 0.15) is 51.3 Å². The first kappa shape index (κ1) is 24.6. The molecular formula is C23H30N4O5. The van der Waals surface area contributed by atoms with Gasteiger partial charge in [-0.1, -0.05) is 19.4 Å². The Morgan fingerprint density at radius 3 is 2.28 bits per heavy atom. The van der Waals surface area contributed by atoms with E-state index < -0.39 is 11.5 Å². The van der Waals surface area contributed by atoms with E-state index >= 15 is 0 Å². The lowest BCUT2D eigenvalue weighted by Gasteiger charge is -2.19. The fourth-order valence-electron chi connectivity index (χ4n) is 3.38. The van der Waals surface area contributed by atoms with E-state index in [1.807, 2.05) is 6.92 Å². The number of nitrogens with two attached hydrogens (primary N) is 1. The summed E-state index contributed by atoms with van der Waals surface area (Å²) in [5, 5.41) is 19.3. The minimum atomic E-state index is -0.536. The normalized spacial score (nSPS) is 12.0. The Labute approximate surface area is 187 Å². The minimum Gasteiger partial charge on any atom is -0.506 e. The number of ether oxygens (including phenoxy) is 2. The molecule has 0 aliphatic carbocycles. The number of primary amides is 1. The number of H-pyrrole nitrogens is 1. The quantitative estimate of drug-likeness (QED) is 0.383. The standard InChI is InChI=1S/C23H30N4O5/c1-6-7-9-15-20(21-16(31-4)10-8-11-17(21)32-5)22(29)19(23(30)25-15)14(3)27-26-13(2)12-18(24)28/h8,10-11H,6-7,9,12H2,1-5H3,(H2,24,28)(H2,25,29,30)/b26-13+,27-14+. The van der Waals surface area contributed by atoms with Crippen LogP contribution in [-0.2, 0) is 11.2 Å². The Balaban J connectivity index is 2.80. The molecule has 2 aromatic rings. The Kier molecular flexibility index (Phi) is 8.57. The molecule has 0 spiro atoms. The van der Waals surface area contributed by atoms with Gasteiger partial charge in [-0.25, -0.2) is 0 Å². The summed E-state index contributed by atoms with van der Waals surface area (Å²) in [5.41, 5.74) is 6.74. The molecule has 0 radical (unpaired) electrons. The predicted octanol–water partition coefficient (Wildman–Crippen LogP) is 3.17. The van der Waals surface area contributed by atoms with Crippen molar-refractivity contribution in [3.8, 4) is 28.4 Å². The fraction of sp³-hybridized carbons (Fsp3) is 0.391. The van der Waals surface area contributed by atoms with Crippen LogP contribution in [0.4, 0.5) is 0 Å². The summed E-state index contributed by atoms with van der Waals surface area (Å²) in [5.74, 6) is 0.193. The molecule has 0 fully saturated rings. The Morgan fingerprint density at radius 1 is 1.12 bits per heavy atom. The Morgan fingerprint density at radius 2 is 1.75 bits per heavy atom. The predicted molar refractivity (Wildman–Crippen MR) is 125 cm³/mol. The molecular weight excluding hydrogens is 412 g/mol. The van der Waals surface area contributed by atoms with Gasteiger partial charge in [0.15, 0.2) is 0 Å². The molecule has 1 heterocycles. The second kappa shape index (κ2) is 11.1. The summed E-state index contributed by atoms with van der Waals surface area (Å²) < 4.78 is 11.0. The number of aromatic hydroxyl groups is 1. The highest BCUT2D eigenvalue weighted by molar-refractivity contribution is 6.04. The molecule has 0 saturated carbocycles. The smallest absolute Gasteiger partial charge is 0.261 e. The molecule has 0 bridgehead atoms. The molecule has 0 unspecified atom stereocenters. The molecule has 0 aliphatic heterocycles. The van der Waals surface area contributed by atoms with Crippen LogP contribution < -0.4 is 20.8 Å². The maximum absolute atomic E-state index is 12.9. The van der Waals surface area contributed by atoms with Crippen molar-refractivity contribution in [2.75, 3.05) is 14.2 Å². The van der Waals surface area contributed by atoms with E-state index in [2.05, 4.69) is 15.2 Å². The van der Waals surface area contributed by atoms with E-state index in [-0.39, 0.29) is 23.4 Å². The first-order valence-electron chi connectivity index (χ1n) is 10.3. The maximum atomic E-state index is 12.9. The van der Waals surface area contributed by atoms with E-state index in [9.17, 15) is 14.7 Å². The van der Waals surface area contributed by atoms with Gasteiger partial charge >= 0.3 is 0 Å². The van der Waals surface area contributed by atoms with Gasteiger partial charge in [-0.2, -0.15) is 10.2 Å². The summed E-state index contributed by atoms with van der Waals surface area (Å²) >= 11 is 0. The average molecular weight is 443 g/mol. The van der Waals surface area contributed by atoms with Crippen LogP contribution in [0.25, 0.3) is 11.1 Å². The maximum Gasteiger partial charge on any atom is 0.261 e. The number of carbonyl (C=O) groups excluding carboxylic acids is 1. The third kappa shape index (κ3) is 5.54. The number of benzene rings is 1. The highest BCUT2D eigenvalue weighted by Crippen LogP contribution is 2.44. The van der Waals surface area contributed by atoms with Crippen LogP contribution >= 0.6 is 0 Å². The van der Waals surface area contributed by atoms with Crippen molar-refractivity contribution in [3.63, 3.8) is 0 Å².